The molecule has 1 aliphatic heterocycles. The molecule has 0 aromatic heterocycles. The van der Waals surface area contributed by atoms with Crippen LogP contribution in [0.15, 0.2) is 66.2 Å². The average molecular weight is 608 g/mol. The molecule has 0 radical (unpaired) electrons. The topological polar surface area (TPSA) is 132 Å². The molecule has 0 unspecified atom stereocenters. The van der Waals surface area contributed by atoms with Gasteiger partial charge in [-0.3, -0.25) is 19.7 Å². The highest BCUT2D eigenvalue weighted by atomic mass is 35.5. The standard InChI is InChI=1S/C31H30ClN3O8/c1-4-14-42-24-13-11-20(17-26(24)40-3)35-30(38)21(29(37)34-31(35)39)15-19-10-12-25(27(16-19)41-5-2)43-18-28(36)33-23-9-7-6-8-22(23)32/h6-13,15-17H,4-5,14,18H2,1-3H3,(H,33,36)(H,34,37,39)/b21-15-. The largest absolute Gasteiger partial charge is 0.493 e. The average Bonchev–Trinajstić information content (AvgIpc) is 2.99. The second-order valence-electron chi connectivity index (χ2n) is 9.10. The number of ether oxygens (including phenoxy) is 4. The van der Waals surface area contributed by atoms with E-state index in [2.05, 4.69) is 10.6 Å². The van der Waals surface area contributed by atoms with Crippen LogP contribution in [0.5, 0.6) is 23.0 Å². The molecule has 5 amide bonds. The normalized spacial score (nSPS) is 13.9. The van der Waals surface area contributed by atoms with E-state index in [1.807, 2.05) is 6.92 Å². The van der Waals surface area contributed by atoms with Gasteiger partial charge in [0.25, 0.3) is 17.7 Å². The maximum Gasteiger partial charge on any atom is 0.335 e. The number of urea groups is 1. The van der Waals surface area contributed by atoms with Gasteiger partial charge >= 0.3 is 6.03 Å². The first kappa shape index (κ1) is 30.9. The van der Waals surface area contributed by atoms with Gasteiger partial charge in [0.1, 0.15) is 5.57 Å². The van der Waals surface area contributed by atoms with Crippen molar-refractivity contribution in [1.82, 2.24) is 5.32 Å². The smallest absolute Gasteiger partial charge is 0.335 e. The number of carbonyl (C=O) groups excluding carboxylic acids is 4. The fourth-order valence-corrected chi connectivity index (χ4v) is 4.26. The summed E-state index contributed by atoms with van der Waals surface area (Å²) in [6.07, 6.45) is 2.12. The van der Waals surface area contributed by atoms with Gasteiger partial charge in [0, 0.05) is 6.07 Å². The van der Waals surface area contributed by atoms with Gasteiger partial charge in [0.2, 0.25) is 0 Å². The van der Waals surface area contributed by atoms with Crippen LogP contribution in [0, 0.1) is 0 Å². The lowest BCUT2D eigenvalue weighted by Gasteiger charge is -2.27. The number of para-hydroxylation sites is 1. The molecule has 224 valence electrons. The molecule has 3 aromatic carbocycles. The second-order valence-corrected chi connectivity index (χ2v) is 9.50. The van der Waals surface area contributed by atoms with Crippen LogP contribution in [0.3, 0.4) is 0 Å². The van der Waals surface area contributed by atoms with Crippen LogP contribution in [0.4, 0.5) is 16.2 Å². The summed E-state index contributed by atoms with van der Waals surface area (Å²) in [5.41, 5.74) is 0.785. The maximum absolute atomic E-state index is 13.4. The van der Waals surface area contributed by atoms with E-state index in [1.165, 1.54) is 25.3 Å². The predicted octanol–water partition coefficient (Wildman–Crippen LogP) is 5.22. The summed E-state index contributed by atoms with van der Waals surface area (Å²) in [7, 11) is 1.44. The molecule has 0 atom stereocenters. The number of barbiturate groups is 1. The van der Waals surface area contributed by atoms with Gasteiger partial charge in [-0.2, -0.15) is 0 Å². The van der Waals surface area contributed by atoms with Crippen molar-refractivity contribution in [3.05, 3.63) is 76.8 Å². The summed E-state index contributed by atoms with van der Waals surface area (Å²) in [6, 6.07) is 15.2. The number of anilines is 2. The van der Waals surface area contributed by atoms with Crippen molar-refractivity contribution < 1.29 is 38.1 Å². The quantitative estimate of drug-likeness (QED) is 0.212. The minimum Gasteiger partial charge on any atom is -0.493 e. The fraction of sp³-hybridized carbons (Fsp3) is 0.226. The number of methoxy groups -OCH3 is 1. The lowest BCUT2D eigenvalue weighted by Crippen LogP contribution is -2.54. The van der Waals surface area contributed by atoms with Crippen molar-refractivity contribution in [2.75, 3.05) is 37.1 Å². The highest BCUT2D eigenvalue weighted by Crippen LogP contribution is 2.34. The molecule has 3 aromatic rings. The lowest BCUT2D eigenvalue weighted by molar-refractivity contribution is -0.122. The Labute approximate surface area is 253 Å². The number of amides is 5. The molecule has 4 rings (SSSR count). The fourth-order valence-electron chi connectivity index (χ4n) is 4.08. The lowest BCUT2D eigenvalue weighted by atomic mass is 10.1. The number of nitrogens with one attached hydrogen (secondary N) is 2. The van der Waals surface area contributed by atoms with E-state index in [1.54, 1.807) is 55.5 Å². The van der Waals surface area contributed by atoms with E-state index >= 15 is 0 Å². The number of carbonyl (C=O) groups is 4. The summed E-state index contributed by atoms with van der Waals surface area (Å²) in [5.74, 6) is -0.775. The van der Waals surface area contributed by atoms with Gasteiger partial charge in [0.15, 0.2) is 29.6 Å². The van der Waals surface area contributed by atoms with Crippen LogP contribution in [0.2, 0.25) is 5.02 Å². The molecule has 1 saturated heterocycles. The van der Waals surface area contributed by atoms with Crippen LogP contribution >= 0.6 is 11.6 Å². The molecule has 43 heavy (non-hydrogen) atoms. The summed E-state index contributed by atoms with van der Waals surface area (Å²) in [5, 5.41) is 5.26. The van der Waals surface area contributed by atoms with Crippen molar-refractivity contribution in [1.29, 1.82) is 0 Å². The third-order valence-corrected chi connectivity index (χ3v) is 6.38. The number of nitrogens with zero attached hydrogens (tertiary/aromatic N) is 1. The molecule has 2 N–H and O–H groups in total. The zero-order valence-corrected chi connectivity index (χ0v) is 24.5. The van der Waals surface area contributed by atoms with Crippen LogP contribution in [0.25, 0.3) is 6.08 Å². The molecule has 1 fully saturated rings. The Balaban J connectivity index is 1.55. The Morgan fingerprint density at radius 2 is 1.67 bits per heavy atom. The molecule has 0 spiro atoms. The molecule has 0 saturated carbocycles. The van der Waals surface area contributed by atoms with Gasteiger partial charge in [-0.15, -0.1) is 0 Å². The monoisotopic (exact) mass is 607 g/mol. The first-order valence-corrected chi connectivity index (χ1v) is 13.8. The predicted molar refractivity (Wildman–Crippen MR) is 161 cm³/mol. The number of rotatable bonds is 12. The van der Waals surface area contributed by atoms with Gasteiger partial charge in [-0.25, -0.2) is 9.69 Å². The van der Waals surface area contributed by atoms with E-state index in [0.717, 1.165) is 11.3 Å². The van der Waals surface area contributed by atoms with Crippen LogP contribution in [-0.2, 0) is 14.4 Å². The molecule has 0 bridgehead atoms. The first-order chi connectivity index (χ1) is 20.7. The zero-order valence-electron chi connectivity index (χ0n) is 23.8. The molecular weight excluding hydrogens is 578 g/mol. The Kier molecular flexibility index (Phi) is 10.2. The number of halogens is 1. The maximum atomic E-state index is 13.4. The van der Waals surface area contributed by atoms with Crippen molar-refractivity contribution in [3.8, 4) is 23.0 Å². The van der Waals surface area contributed by atoms with E-state index < -0.39 is 23.8 Å². The number of hydrogen-bond acceptors (Lipinski definition) is 8. The Hall–Kier alpha value is -5.03. The van der Waals surface area contributed by atoms with E-state index in [0.29, 0.717) is 34.4 Å². The van der Waals surface area contributed by atoms with Crippen LogP contribution in [0.1, 0.15) is 25.8 Å². The van der Waals surface area contributed by atoms with Crippen molar-refractivity contribution in [3.63, 3.8) is 0 Å². The van der Waals surface area contributed by atoms with Gasteiger partial charge in [0.05, 0.1) is 36.7 Å². The van der Waals surface area contributed by atoms with Crippen molar-refractivity contribution in [2.45, 2.75) is 20.3 Å². The summed E-state index contributed by atoms with van der Waals surface area (Å²) in [6.45, 7) is 4.15. The first-order valence-electron chi connectivity index (χ1n) is 13.4. The van der Waals surface area contributed by atoms with Gasteiger partial charge < -0.3 is 24.3 Å². The summed E-state index contributed by atoms with van der Waals surface area (Å²) >= 11 is 6.09. The highest BCUT2D eigenvalue weighted by Gasteiger charge is 2.37. The molecule has 1 aliphatic rings. The number of imide groups is 2. The van der Waals surface area contributed by atoms with Crippen LogP contribution in [-0.4, -0.2) is 50.7 Å². The molecule has 11 nitrogen and oxygen atoms in total. The van der Waals surface area contributed by atoms with Crippen molar-refractivity contribution in [2.24, 2.45) is 0 Å². The second kappa shape index (κ2) is 14.2. The Morgan fingerprint density at radius 3 is 2.40 bits per heavy atom. The van der Waals surface area contributed by atoms with E-state index in [9.17, 15) is 19.2 Å². The third-order valence-electron chi connectivity index (χ3n) is 6.05. The van der Waals surface area contributed by atoms with Crippen LogP contribution < -0.4 is 34.5 Å². The van der Waals surface area contributed by atoms with E-state index in [-0.39, 0.29) is 36.0 Å². The summed E-state index contributed by atoms with van der Waals surface area (Å²) < 4.78 is 22.4. The Bertz CT molecular complexity index is 1570. The molecule has 0 aliphatic carbocycles. The number of hydrogen-bond donors (Lipinski definition) is 2. The minimum absolute atomic E-state index is 0.190. The third kappa shape index (κ3) is 7.44. The molecule has 1 heterocycles. The van der Waals surface area contributed by atoms with Gasteiger partial charge in [-0.1, -0.05) is 36.7 Å². The Morgan fingerprint density at radius 1 is 0.930 bits per heavy atom. The number of benzene rings is 3. The van der Waals surface area contributed by atoms with Crippen molar-refractivity contribution >= 4 is 52.8 Å². The SMILES string of the molecule is CCCOc1ccc(N2C(=O)NC(=O)/C(=C/c3ccc(OCC(=O)Nc4ccccc4Cl)c(OCC)c3)C2=O)cc1OC. The van der Waals surface area contributed by atoms with Gasteiger partial charge in [-0.05, 0) is 61.4 Å². The highest BCUT2D eigenvalue weighted by molar-refractivity contribution is 6.39. The minimum atomic E-state index is -0.898. The van der Waals surface area contributed by atoms with E-state index in [4.69, 9.17) is 30.5 Å². The molecule has 12 heteroatoms. The summed E-state index contributed by atoms with van der Waals surface area (Å²) in [4.78, 5) is 52.1. The molecular formula is C31H30ClN3O8. The zero-order chi connectivity index (χ0) is 30.9.